The Balaban J connectivity index is 1.75. The fourth-order valence-electron chi connectivity index (χ4n) is 1.97. The lowest BCUT2D eigenvalue weighted by Gasteiger charge is -2.09. The van der Waals surface area contributed by atoms with Crippen molar-refractivity contribution in [3.63, 3.8) is 0 Å². The summed E-state index contributed by atoms with van der Waals surface area (Å²) in [6, 6.07) is 11.8. The Kier molecular flexibility index (Phi) is 7.12. The number of amides is 2. The standard InChI is InChI=1S/C18H19N3O6/c1-2-11-26-15-7-3-13(4-8-15)18(23)20-19-17(22)12-27-16-9-5-14(6-10-16)21(24)25/h3-10H,2,11-12H2,1H3,(H,19,22)(H,20,23). The molecule has 2 rings (SSSR count). The van der Waals surface area contributed by atoms with Gasteiger partial charge in [-0.15, -0.1) is 0 Å². The molecule has 0 aromatic heterocycles. The predicted octanol–water partition coefficient (Wildman–Crippen LogP) is 2.22. The first kappa shape index (κ1) is 19.7. The third-order valence-electron chi connectivity index (χ3n) is 3.32. The molecule has 0 radical (unpaired) electrons. The fraction of sp³-hybridized carbons (Fsp3) is 0.222. The van der Waals surface area contributed by atoms with Crippen molar-refractivity contribution < 1.29 is 24.0 Å². The number of nitro benzene ring substituents is 1. The van der Waals surface area contributed by atoms with Crippen molar-refractivity contribution in [3.05, 3.63) is 64.2 Å². The van der Waals surface area contributed by atoms with Crippen LogP contribution in [0.1, 0.15) is 23.7 Å². The summed E-state index contributed by atoms with van der Waals surface area (Å²) >= 11 is 0. The van der Waals surface area contributed by atoms with Gasteiger partial charge >= 0.3 is 0 Å². The quantitative estimate of drug-likeness (QED) is 0.541. The van der Waals surface area contributed by atoms with E-state index < -0.39 is 16.7 Å². The largest absolute Gasteiger partial charge is 0.494 e. The molecule has 0 spiro atoms. The van der Waals surface area contributed by atoms with Crippen molar-refractivity contribution in [2.75, 3.05) is 13.2 Å². The maximum Gasteiger partial charge on any atom is 0.276 e. The number of nitro groups is 1. The van der Waals surface area contributed by atoms with Crippen LogP contribution in [0.3, 0.4) is 0 Å². The van der Waals surface area contributed by atoms with Crippen LogP contribution in [0.2, 0.25) is 0 Å². The number of benzene rings is 2. The number of carbonyl (C=O) groups excluding carboxylic acids is 2. The number of ether oxygens (including phenoxy) is 2. The van der Waals surface area contributed by atoms with Gasteiger partial charge in [0.2, 0.25) is 0 Å². The van der Waals surface area contributed by atoms with E-state index in [2.05, 4.69) is 10.9 Å². The molecule has 142 valence electrons. The molecular weight excluding hydrogens is 354 g/mol. The summed E-state index contributed by atoms with van der Waals surface area (Å²) in [7, 11) is 0. The Hall–Kier alpha value is -3.62. The summed E-state index contributed by atoms with van der Waals surface area (Å²) in [5, 5.41) is 10.6. The van der Waals surface area contributed by atoms with Gasteiger partial charge in [0.05, 0.1) is 11.5 Å². The highest BCUT2D eigenvalue weighted by atomic mass is 16.6. The number of nitrogens with zero attached hydrogens (tertiary/aromatic N) is 1. The summed E-state index contributed by atoms with van der Waals surface area (Å²) in [6.45, 7) is 2.23. The first-order chi connectivity index (χ1) is 13.0. The van der Waals surface area contributed by atoms with Gasteiger partial charge in [-0.25, -0.2) is 0 Å². The van der Waals surface area contributed by atoms with Gasteiger partial charge in [-0.05, 0) is 42.8 Å². The zero-order valence-corrected chi connectivity index (χ0v) is 14.6. The lowest BCUT2D eigenvalue weighted by atomic mass is 10.2. The van der Waals surface area contributed by atoms with Gasteiger partial charge in [-0.1, -0.05) is 6.92 Å². The monoisotopic (exact) mass is 373 g/mol. The fourth-order valence-corrected chi connectivity index (χ4v) is 1.97. The van der Waals surface area contributed by atoms with Crippen LogP contribution in [-0.2, 0) is 4.79 Å². The third kappa shape index (κ3) is 6.31. The molecule has 2 aromatic carbocycles. The number of hydrogen-bond donors (Lipinski definition) is 2. The van der Waals surface area contributed by atoms with E-state index in [4.69, 9.17) is 9.47 Å². The van der Waals surface area contributed by atoms with E-state index in [1.807, 2.05) is 6.92 Å². The van der Waals surface area contributed by atoms with Crippen LogP contribution >= 0.6 is 0 Å². The zero-order valence-electron chi connectivity index (χ0n) is 14.6. The van der Waals surface area contributed by atoms with Crippen molar-refractivity contribution in [1.82, 2.24) is 10.9 Å². The molecule has 2 aromatic rings. The molecular formula is C18H19N3O6. The van der Waals surface area contributed by atoms with Crippen LogP contribution in [0.4, 0.5) is 5.69 Å². The summed E-state index contributed by atoms with van der Waals surface area (Å²) in [5.41, 5.74) is 4.78. The highest BCUT2D eigenvalue weighted by molar-refractivity contribution is 5.95. The molecule has 2 N–H and O–H groups in total. The number of hydrogen-bond acceptors (Lipinski definition) is 6. The van der Waals surface area contributed by atoms with Gasteiger partial charge in [0.25, 0.3) is 17.5 Å². The Morgan fingerprint density at radius 3 is 2.15 bits per heavy atom. The molecule has 0 saturated carbocycles. The van der Waals surface area contributed by atoms with E-state index in [0.717, 1.165) is 6.42 Å². The van der Waals surface area contributed by atoms with Crippen molar-refractivity contribution in [1.29, 1.82) is 0 Å². The van der Waals surface area contributed by atoms with Gasteiger partial charge in [-0.3, -0.25) is 30.6 Å². The number of hydrazine groups is 1. The Bertz CT molecular complexity index is 790. The van der Waals surface area contributed by atoms with Crippen LogP contribution in [0.5, 0.6) is 11.5 Å². The second-order valence-corrected chi connectivity index (χ2v) is 5.41. The number of carbonyl (C=O) groups is 2. The zero-order chi connectivity index (χ0) is 19.6. The van der Waals surface area contributed by atoms with Gasteiger partial charge < -0.3 is 9.47 Å². The summed E-state index contributed by atoms with van der Waals surface area (Å²) in [5.74, 6) is -0.107. The minimum atomic E-state index is -0.579. The highest BCUT2D eigenvalue weighted by Gasteiger charge is 2.09. The molecule has 0 aliphatic carbocycles. The lowest BCUT2D eigenvalue weighted by molar-refractivity contribution is -0.384. The molecule has 0 aliphatic heterocycles. The number of non-ortho nitro benzene ring substituents is 1. The molecule has 0 heterocycles. The Morgan fingerprint density at radius 2 is 1.56 bits per heavy atom. The van der Waals surface area contributed by atoms with E-state index in [-0.39, 0.29) is 12.3 Å². The van der Waals surface area contributed by atoms with Crippen LogP contribution in [0.25, 0.3) is 0 Å². The Morgan fingerprint density at radius 1 is 0.963 bits per heavy atom. The van der Waals surface area contributed by atoms with Crippen LogP contribution in [0, 0.1) is 10.1 Å². The van der Waals surface area contributed by atoms with Crippen molar-refractivity contribution in [3.8, 4) is 11.5 Å². The van der Waals surface area contributed by atoms with Gasteiger partial charge in [0, 0.05) is 17.7 Å². The molecule has 0 bridgehead atoms. The van der Waals surface area contributed by atoms with E-state index in [9.17, 15) is 19.7 Å². The lowest BCUT2D eigenvalue weighted by Crippen LogP contribution is -2.43. The first-order valence-electron chi connectivity index (χ1n) is 8.19. The molecule has 0 unspecified atom stereocenters. The summed E-state index contributed by atoms with van der Waals surface area (Å²) in [6.07, 6.45) is 0.885. The molecule has 0 atom stereocenters. The van der Waals surface area contributed by atoms with Gasteiger partial charge in [-0.2, -0.15) is 0 Å². The van der Waals surface area contributed by atoms with Gasteiger partial charge in [0.1, 0.15) is 11.5 Å². The van der Waals surface area contributed by atoms with Gasteiger partial charge in [0.15, 0.2) is 6.61 Å². The predicted molar refractivity (Wildman–Crippen MR) is 96.4 cm³/mol. The molecule has 0 saturated heterocycles. The van der Waals surface area contributed by atoms with E-state index in [1.165, 1.54) is 24.3 Å². The molecule has 9 nitrogen and oxygen atoms in total. The van der Waals surface area contributed by atoms with Crippen molar-refractivity contribution in [2.24, 2.45) is 0 Å². The average Bonchev–Trinajstić information content (AvgIpc) is 2.69. The average molecular weight is 373 g/mol. The van der Waals surface area contributed by atoms with E-state index in [0.29, 0.717) is 23.7 Å². The molecule has 9 heteroatoms. The van der Waals surface area contributed by atoms with Crippen LogP contribution in [0.15, 0.2) is 48.5 Å². The second kappa shape index (κ2) is 9.76. The molecule has 0 fully saturated rings. The number of nitrogens with one attached hydrogen (secondary N) is 2. The van der Waals surface area contributed by atoms with Crippen LogP contribution < -0.4 is 20.3 Å². The van der Waals surface area contributed by atoms with E-state index >= 15 is 0 Å². The minimum Gasteiger partial charge on any atom is -0.494 e. The third-order valence-corrected chi connectivity index (χ3v) is 3.32. The first-order valence-corrected chi connectivity index (χ1v) is 8.19. The SMILES string of the molecule is CCCOc1ccc(C(=O)NNC(=O)COc2ccc([N+](=O)[O-])cc2)cc1. The highest BCUT2D eigenvalue weighted by Crippen LogP contribution is 2.17. The molecule has 2 amide bonds. The summed E-state index contributed by atoms with van der Waals surface area (Å²) < 4.78 is 10.6. The maximum atomic E-state index is 12.0. The van der Waals surface area contributed by atoms with Crippen LogP contribution in [-0.4, -0.2) is 30.0 Å². The minimum absolute atomic E-state index is 0.0785. The smallest absolute Gasteiger partial charge is 0.276 e. The summed E-state index contributed by atoms with van der Waals surface area (Å²) in [4.78, 5) is 33.7. The molecule has 0 aliphatic rings. The Labute approximate surface area is 155 Å². The normalized spacial score (nSPS) is 9.96. The van der Waals surface area contributed by atoms with E-state index in [1.54, 1.807) is 24.3 Å². The number of rotatable bonds is 8. The van der Waals surface area contributed by atoms with Crippen molar-refractivity contribution >= 4 is 17.5 Å². The maximum absolute atomic E-state index is 12.0. The second-order valence-electron chi connectivity index (χ2n) is 5.41. The van der Waals surface area contributed by atoms with Crippen molar-refractivity contribution in [2.45, 2.75) is 13.3 Å². The topological polar surface area (TPSA) is 120 Å². The molecule has 27 heavy (non-hydrogen) atoms.